The van der Waals surface area contributed by atoms with Gasteiger partial charge in [-0.3, -0.25) is 14.4 Å². The second-order valence-corrected chi connectivity index (χ2v) is 8.68. The average molecular weight is 414 g/mol. The van der Waals surface area contributed by atoms with E-state index in [1.54, 1.807) is 11.0 Å². The van der Waals surface area contributed by atoms with Crippen molar-refractivity contribution in [1.82, 2.24) is 15.2 Å². The normalized spacial score (nSPS) is 21.2. The first-order chi connectivity index (χ1) is 13.8. The van der Waals surface area contributed by atoms with Gasteiger partial charge >= 0.3 is 0 Å². The minimum absolute atomic E-state index is 0.0306. The maximum absolute atomic E-state index is 12.6. The van der Waals surface area contributed by atoms with Gasteiger partial charge in [-0.2, -0.15) is 0 Å². The third kappa shape index (κ3) is 3.95. The van der Waals surface area contributed by atoms with Crippen molar-refractivity contribution in [3.05, 3.63) is 40.4 Å². The average Bonchev–Trinajstić information content (AvgIpc) is 2.92. The number of rotatable bonds is 3. The van der Waals surface area contributed by atoms with Crippen molar-refractivity contribution < 1.29 is 14.4 Å². The van der Waals surface area contributed by atoms with Crippen LogP contribution in [0.5, 0.6) is 0 Å². The molecule has 1 aromatic carbocycles. The number of aryl methyl sites for hydroxylation is 2. The lowest BCUT2D eigenvalue weighted by molar-refractivity contribution is -0.134. The number of thiazole rings is 1. The number of benzene rings is 1. The number of likely N-dealkylation sites (tertiary alicyclic amines) is 1. The van der Waals surface area contributed by atoms with Crippen LogP contribution in [0.15, 0.2) is 24.3 Å². The number of amides is 3. The number of carbonyl (C=O) groups is 3. The SMILES string of the molecule is Cc1nc(NC(=O)CN2CC[C@]3(CCC2=O)NC(=O)c2ccccc2N3)sc1C. The molecule has 9 heteroatoms. The molecule has 3 heterocycles. The number of nitrogens with zero attached hydrogens (tertiary/aromatic N) is 2. The Morgan fingerprint density at radius 1 is 1.24 bits per heavy atom. The van der Waals surface area contributed by atoms with Crippen molar-refractivity contribution in [3.63, 3.8) is 0 Å². The molecule has 29 heavy (non-hydrogen) atoms. The Morgan fingerprint density at radius 2 is 2.03 bits per heavy atom. The van der Waals surface area contributed by atoms with Crippen molar-refractivity contribution in [3.8, 4) is 0 Å². The van der Waals surface area contributed by atoms with Crippen LogP contribution < -0.4 is 16.0 Å². The smallest absolute Gasteiger partial charge is 0.255 e. The fourth-order valence-electron chi connectivity index (χ4n) is 3.69. The van der Waals surface area contributed by atoms with Gasteiger partial charge in [-0.15, -0.1) is 11.3 Å². The topological polar surface area (TPSA) is 103 Å². The molecule has 1 saturated heterocycles. The summed E-state index contributed by atoms with van der Waals surface area (Å²) in [6, 6.07) is 7.33. The zero-order valence-electron chi connectivity index (χ0n) is 16.4. The van der Waals surface area contributed by atoms with E-state index in [1.807, 2.05) is 32.0 Å². The third-order valence-corrected chi connectivity index (χ3v) is 6.42. The third-order valence-electron chi connectivity index (χ3n) is 5.43. The summed E-state index contributed by atoms with van der Waals surface area (Å²) in [5.41, 5.74) is 1.57. The second-order valence-electron chi connectivity index (χ2n) is 7.48. The van der Waals surface area contributed by atoms with Crippen LogP contribution in [-0.4, -0.2) is 46.4 Å². The summed E-state index contributed by atoms with van der Waals surface area (Å²) in [7, 11) is 0. The molecule has 0 unspecified atom stereocenters. The molecule has 1 spiro atoms. The quantitative estimate of drug-likeness (QED) is 0.716. The number of hydrogen-bond donors (Lipinski definition) is 3. The van der Waals surface area contributed by atoms with Gasteiger partial charge in [0.2, 0.25) is 11.8 Å². The summed E-state index contributed by atoms with van der Waals surface area (Å²) < 4.78 is 0. The van der Waals surface area contributed by atoms with Crippen LogP contribution in [0.2, 0.25) is 0 Å². The minimum Gasteiger partial charge on any atom is -0.362 e. The number of aromatic nitrogens is 1. The zero-order valence-corrected chi connectivity index (χ0v) is 17.2. The first-order valence-corrected chi connectivity index (χ1v) is 10.4. The minimum atomic E-state index is -0.685. The first-order valence-electron chi connectivity index (χ1n) is 9.57. The van der Waals surface area contributed by atoms with E-state index in [9.17, 15) is 14.4 Å². The second kappa shape index (κ2) is 7.47. The van der Waals surface area contributed by atoms with Crippen LogP contribution >= 0.6 is 11.3 Å². The number of hydrogen-bond acceptors (Lipinski definition) is 6. The van der Waals surface area contributed by atoms with Crippen molar-refractivity contribution >= 4 is 39.9 Å². The Bertz CT molecular complexity index is 969. The maximum Gasteiger partial charge on any atom is 0.255 e. The van der Waals surface area contributed by atoms with E-state index in [4.69, 9.17) is 0 Å². The number of para-hydroxylation sites is 1. The summed E-state index contributed by atoms with van der Waals surface area (Å²) in [5.74, 6) is -0.514. The highest BCUT2D eigenvalue weighted by Gasteiger charge is 2.40. The Hall–Kier alpha value is -2.94. The number of fused-ring (bicyclic) bond motifs is 1. The highest BCUT2D eigenvalue weighted by Crippen LogP contribution is 2.31. The Labute approximate surface area is 172 Å². The van der Waals surface area contributed by atoms with E-state index in [1.165, 1.54) is 11.3 Å². The van der Waals surface area contributed by atoms with E-state index < -0.39 is 5.66 Å². The van der Waals surface area contributed by atoms with Crippen molar-refractivity contribution in [1.29, 1.82) is 0 Å². The van der Waals surface area contributed by atoms with Gasteiger partial charge in [-0.05, 0) is 32.4 Å². The van der Waals surface area contributed by atoms with Gasteiger partial charge in [0.1, 0.15) is 5.66 Å². The van der Waals surface area contributed by atoms with Crippen LogP contribution in [-0.2, 0) is 9.59 Å². The number of nitrogens with one attached hydrogen (secondary N) is 3. The zero-order chi connectivity index (χ0) is 20.6. The fraction of sp³-hybridized carbons (Fsp3) is 0.400. The van der Waals surface area contributed by atoms with E-state index in [0.717, 1.165) is 16.3 Å². The van der Waals surface area contributed by atoms with Crippen LogP contribution in [0.25, 0.3) is 0 Å². The van der Waals surface area contributed by atoms with Gasteiger partial charge in [0.05, 0.1) is 17.8 Å². The van der Waals surface area contributed by atoms with Gasteiger partial charge in [0.25, 0.3) is 5.91 Å². The van der Waals surface area contributed by atoms with Crippen molar-refractivity contribution in [2.24, 2.45) is 0 Å². The lowest BCUT2D eigenvalue weighted by Gasteiger charge is -2.39. The molecule has 3 amide bonds. The molecule has 8 nitrogen and oxygen atoms in total. The molecule has 3 N–H and O–H groups in total. The van der Waals surface area contributed by atoms with Gasteiger partial charge in [-0.25, -0.2) is 4.98 Å². The van der Waals surface area contributed by atoms with Crippen molar-refractivity contribution in [2.75, 3.05) is 23.7 Å². The molecule has 0 bridgehead atoms. The van der Waals surface area contributed by atoms with E-state index in [0.29, 0.717) is 30.1 Å². The summed E-state index contributed by atoms with van der Waals surface area (Å²) in [6.07, 6.45) is 1.23. The summed E-state index contributed by atoms with van der Waals surface area (Å²) in [5, 5.41) is 9.75. The highest BCUT2D eigenvalue weighted by atomic mass is 32.1. The van der Waals surface area contributed by atoms with Gasteiger partial charge < -0.3 is 20.9 Å². The summed E-state index contributed by atoms with van der Waals surface area (Å²) in [4.78, 5) is 44.5. The summed E-state index contributed by atoms with van der Waals surface area (Å²) >= 11 is 1.42. The van der Waals surface area contributed by atoms with Gasteiger partial charge in [0.15, 0.2) is 5.13 Å². The molecule has 2 aliphatic rings. The van der Waals surface area contributed by atoms with Gasteiger partial charge in [-0.1, -0.05) is 12.1 Å². The molecular formula is C20H23N5O3S. The molecule has 1 atom stereocenters. The predicted octanol–water partition coefficient (Wildman–Crippen LogP) is 2.26. The highest BCUT2D eigenvalue weighted by molar-refractivity contribution is 7.15. The Balaban J connectivity index is 1.43. The molecule has 2 aliphatic heterocycles. The molecule has 0 saturated carbocycles. The molecule has 4 rings (SSSR count). The Morgan fingerprint density at radius 3 is 2.79 bits per heavy atom. The van der Waals surface area contributed by atoms with E-state index >= 15 is 0 Å². The Kier molecular flexibility index (Phi) is 4.99. The fourth-order valence-corrected chi connectivity index (χ4v) is 4.52. The lowest BCUT2D eigenvalue weighted by Crippen LogP contribution is -2.58. The molecule has 0 aliphatic carbocycles. The summed E-state index contributed by atoms with van der Waals surface area (Å²) in [6.45, 7) is 4.18. The lowest BCUT2D eigenvalue weighted by atomic mass is 9.95. The largest absolute Gasteiger partial charge is 0.362 e. The van der Waals surface area contributed by atoms with E-state index in [2.05, 4.69) is 20.9 Å². The first kappa shape index (κ1) is 19.4. The monoisotopic (exact) mass is 413 g/mol. The molecule has 1 aromatic heterocycles. The molecule has 0 radical (unpaired) electrons. The predicted molar refractivity (Wildman–Crippen MR) is 111 cm³/mol. The van der Waals surface area contributed by atoms with Crippen LogP contribution in [0.3, 0.4) is 0 Å². The standard InChI is InChI=1S/C20H23N5O3S/c1-12-13(2)29-19(21-12)22-16(26)11-25-10-9-20(8-7-17(25)27)23-15-6-4-3-5-14(15)18(28)24-20/h3-6,23H,7-11H2,1-2H3,(H,24,28)(H,21,22,26)/t20-/m0/s1. The van der Waals surface area contributed by atoms with E-state index in [-0.39, 0.29) is 30.7 Å². The van der Waals surface area contributed by atoms with Crippen molar-refractivity contribution in [2.45, 2.75) is 38.8 Å². The number of carbonyl (C=O) groups excluding carboxylic acids is 3. The molecule has 1 fully saturated rings. The van der Waals surface area contributed by atoms with Crippen LogP contribution in [0.1, 0.15) is 40.2 Å². The molecule has 2 aromatic rings. The maximum atomic E-state index is 12.6. The molecule has 152 valence electrons. The van der Waals surface area contributed by atoms with Crippen LogP contribution in [0.4, 0.5) is 10.8 Å². The van der Waals surface area contributed by atoms with Crippen LogP contribution in [0, 0.1) is 13.8 Å². The molecular weight excluding hydrogens is 390 g/mol. The number of anilines is 2. The van der Waals surface area contributed by atoms with Gasteiger partial charge in [0, 0.05) is 30.0 Å².